The molecule has 0 fully saturated rings. The molecular weight excluding hydrogens is 400 g/mol. The summed E-state index contributed by atoms with van der Waals surface area (Å²) in [4.78, 5) is 25.2. The van der Waals surface area contributed by atoms with Crippen LogP contribution in [0.15, 0.2) is 48.5 Å². The molecule has 0 aliphatic heterocycles. The summed E-state index contributed by atoms with van der Waals surface area (Å²) < 4.78 is 1.93. The Balaban J connectivity index is 1.73. The Morgan fingerprint density at radius 1 is 1.00 bits per heavy atom. The minimum atomic E-state index is -0.270. The number of nitrogens with one attached hydrogen (secondary N) is 2. The summed E-state index contributed by atoms with van der Waals surface area (Å²) in [5.41, 5.74) is 3.91. The van der Waals surface area contributed by atoms with E-state index < -0.39 is 0 Å². The summed E-state index contributed by atoms with van der Waals surface area (Å²) in [7, 11) is 0. The van der Waals surface area contributed by atoms with Gasteiger partial charge in [0.05, 0.1) is 17.1 Å². The largest absolute Gasteiger partial charge is 0.322 e. The van der Waals surface area contributed by atoms with Crippen molar-refractivity contribution < 1.29 is 9.59 Å². The number of aryl methyl sites for hydroxylation is 2. The lowest BCUT2D eigenvalue weighted by atomic mass is 10.1. The highest BCUT2D eigenvalue weighted by molar-refractivity contribution is 6.30. The minimum absolute atomic E-state index is 0.251. The molecule has 156 valence electrons. The predicted molar refractivity (Wildman–Crippen MR) is 120 cm³/mol. The highest BCUT2D eigenvalue weighted by atomic mass is 35.5. The first-order valence-corrected chi connectivity index (χ1v) is 10.3. The molecule has 0 saturated carbocycles. The number of carbonyl (C=O) groups is 2. The van der Waals surface area contributed by atoms with Crippen molar-refractivity contribution in [3.8, 4) is 0 Å². The van der Waals surface area contributed by atoms with Gasteiger partial charge in [0.25, 0.3) is 11.8 Å². The van der Waals surface area contributed by atoms with E-state index in [0.29, 0.717) is 21.8 Å². The van der Waals surface area contributed by atoms with Gasteiger partial charge < -0.3 is 10.6 Å². The van der Waals surface area contributed by atoms with E-state index in [-0.39, 0.29) is 11.8 Å². The van der Waals surface area contributed by atoms with E-state index in [4.69, 9.17) is 11.6 Å². The third kappa shape index (κ3) is 5.07. The zero-order valence-corrected chi connectivity index (χ0v) is 18.1. The Bertz CT molecular complexity index is 1060. The van der Waals surface area contributed by atoms with E-state index in [1.54, 1.807) is 48.5 Å². The van der Waals surface area contributed by atoms with Crippen LogP contribution in [0.25, 0.3) is 0 Å². The van der Waals surface area contributed by atoms with Gasteiger partial charge in [-0.3, -0.25) is 14.3 Å². The fourth-order valence-electron chi connectivity index (χ4n) is 3.13. The van der Waals surface area contributed by atoms with E-state index in [1.165, 1.54) is 0 Å². The summed E-state index contributed by atoms with van der Waals surface area (Å²) in [6, 6.07) is 13.4. The van der Waals surface area contributed by atoms with Crippen molar-refractivity contribution in [3.05, 3.63) is 76.1 Å². The third-order valence-electron chi connectivity index (χ3n) is 4.83. The van der Waals surface area contributed by atoms with Gasteiger partial charge >= 0.3 is 0 Å². The molecule has 0 bridgehead atoms. The van der Waals surface area contributed by atoms with Gasteiger partial charge in [-0.15, -0.1) is 0 Å². The van der Waals surface area contributed by atoms with E-state index in [0.717, 1.165) is 36.5 Å². The smallest absolute Gasteiger partial charge is 0.255 e. The van der Waals surface area contributed by atoms with Crippen LogP contribution in [0.3, 0.4) is 0 Å². The van der Waals surface area contributed by atoms with Crippen LogP contribution in [0.2, 0.25) is 5.02 Å². The van der Waals surface area contributed by atoms with Crippen molar-refractivity contribution in [2.45, 2.75) is 40.2 Å². The van der Waals surface area contributed by atoms with Crippen LogP contribution in [0.4, 0.5) is 11.4 Å². The summed E-state index contributed by atoms with van der Waals surface area (Å²) >= 11 is 5.87. The second-order valence-electron chi connectivity index (χ2n) is 7.12. The van der Waals surface area contributed by atoms with Gasteiger partial charge in [0.15, 0.2) is 0 Å². The zero-order chi connectivity index (χ0) is 21.7. The second kappa shape index (κ2) is 9.59. The summed E-state index contributed by atoms with van der Waals surface area (Å²) in [6.07, 6.45) is 2.11. The van der Waals surface area contributed by atoms with Gasteiger partial charge in [0.2, 0.25) is 0 Å². The van der Waals surface area contributed by atoms with Gasteiger partial charge in [-0.25, -0.2) is 0 Å². The van der Waals surface area contributed by atoms with Crippen LogP contribution in [-0.4, -0.2) is 21.6 Å². The number of hydrogen-bond donors (Lipinski definition) is 2. The molecule has 0 unspecified atom stereocenters. The first kappa shape index (κ1) is 21.6. The Kier molecular flexibility index (Phi) is 6.90. The number of carbonyl (C=O) groups excluding carboxylic acids is 2. The number of benzene rings is 2. The van der Waals surface area contributed by atoms with Crippen molar-refractivity contribution in [3.63, 3.8) is 0 Å². The number of nitrogens with zero attached hydrogens (tertiary/aromatic N) is 2. The van der Waals surface area contributed by atoms with E-state index in [9.17, 15) is 9.59 Å². The number of amides is 2. The lowest BCUT2D eigenvalue weighted by molar-refractivity contribution is 0.101. The molecule has 0 saturated heterocycles. The van der Waals surface area contributed by atoms with E-state index in [1.807, 2.05) is 18.5 Å². The number of rotatable bonds is 7. The number of anilines is 2. The van der Waals surface area contributed by atoms with Crippen molar-refractivity contribution in [2.24, 2.45) is 0 Å². The van der Waals surface area contributed by atoms with E-state index in [2.05, 4.69) is 22.7 Å². The van der Waals surface area contributed by atoms with Gasteiger partial charge in [0, 0.05) is 28.4 Å². The molecule has 0 radical (unpaired) electrons. The zero-order valence-electron chi connectivity index (χ0n) is 17.3. The third-order valence-corrected chi connectivity index (χ3v) is 5.08. The minimum Gasteiger partial charge on any atom is -0.322 e. The standard InChI is InChI=1S/C23H25ClN4O2/c1-4-5-13-28-16(3)21(15(2)27-28)26-23(30)18-7-6-8-20(14-18)25-22(29)17-9-11-19(24)12-10-17/h6-12,14H,4-5,13H2,1-3H3,(H,25,29)(H,26,30). The molecule has 1 heterocycles. The van der Waals surface area contributed by atoms with Gasteiger partial charge in [-0.1, -0.05) is 31.0 Å². The molecule has 3 aromatic rings. The lowest BCUT2D eigenvalue weighted by Crippen LogP contribution is -2.15. The maximum atomic E-state index is 12.8. The molecule has 0 atom stereocenters. The molecule has 0 spiro atoms. The van der Waals surface area contributed by atoms with Crippen LogP contribution in [0, 0.1) is 13.8 Å². The maximum Gasteiger partial charge on any atom is 0.255 e. The molecule has 2 aromatic carbocycles. The normalized spacial score (nSPS) is 10.7. The molecular formula is C23H25ClN4O2. The monoisotopic (exact) mass is 424 g/mol. The SMILES string of the molecule is CCCCn1nc(C)c(NC(=O)c2cccc(NC(=O)c3ccc(Cl)cc3)c2)c1C. The van der Waals surface area contributed by atoms with E-state index >= 15 is 0 Å². The van der Waals surface area contributed by atoms with Gasteiger partial charge in [-0.2, -0.15) is 5.10 Å². The molecule has 0 aliphatic carbocycles. The van der Waals surface area contributed by atoms with Crippen molar-refractivity contribution in [2.75, 3.05) is 10.6 Å². The molecule has 2 N–H and O–H groups in total. The van der Waals surface area contributed by atoms with Crippen molar-refractivity contribution in [1.29, 1.82) is 0 Å². The lowest BCUT2D eigenvalue weighted by Gasteiger charge is -2.09. The summed E-state index contributed by atoms with van der Waals surface area (Å²) in [6.45, 7) is 6.79. The van der Waals surface area contributed by atoms with Gasteiger partial charge in [0.1, 0.15) is 0 Å². The molecule has 7 heteroatoms. The summed E-state index contributed by atoms with van der Waals surface area (Å²) in [5.74, 6) is -0.521. The highest BCUT2D eigenvalue weighted by Gasteiger charge is 2.16. The second-order valence-corrected chi connectivity index (χ2v) is 7.55. The molecule has 0 aliphatic rings. The average Bonchev–Trinajstić information content (AvgIpc) is 3.00. The summed E-state index contributed by atoms with van der Waals surface area (Å²) in [5, 5.41) is 10.9. The van der Waals surface area contributed by atoms with Crippen LogP contribution in [-0.2, 0) is 6.54 Å². The van der Waals surface area contributed by atoms with Crippen LogP contribution < -0.4 is 10.6 Å². The molecule has 3 rings (SSSR count). The molecule has 6 nitrogen and oxygen atoms in total. The quantitative estimate of drug-likeness (QED) is 0.528. The number of halogens is 1. The maximum absolute atomic E-state index is 12.8. The molecule has 2 amide bonds. The first-order chi connectivity index (χ1) is 14.4. The fourth-order valence-corrected chi connectivity index (χ4v) is 3.26. The van der Waals surface area contributed by atoms with Crippen LogP contribution in [0.1, 0.15) is 51.9 Å². The Labute approximate surface area is 181 Å². The van der Waals surface area contributed by atoms with Gasteiger partial charge in [-0.05, 0) is 62.7 Å². The number of hydrogen-bond acceptors (Lipinski definition) is 3. The Morgan fingerprint density at radius 3 is 2.40 bits per heavy atom. The molecule has 30 heavy (non-hydrogen) atoms. The Hall–Kier alpha value is -3.12. The predicted octanol–water partition coefficient (Wildman–Crippen LogP) is 5.46. The number of unbranched alkanes of at least 4 members (excludes halogenated alkanes) is 1. The topological polar surface area (TPSA) is 76.0 Å². The molecule has 1 aromatic heterocycles. The average molecular weight is 425 g/mol. The Morgan fingerprint density at radius 2 is 1.70 bits per heavy atom. The van der Waals surface area contributed by atoms with Crippen molar-refractivity contribution >= 4 is 34.8 Å². The fraction of sp³-hybridized carbons (Fsp3) is 0.261. The van der Waals surface area contributed by atoms with Crippen LogP contribution >= 0.6 is 11.6 Å². The first-order valence-electron chi connectivity index (χ1n) is 9.91. The van der Waals surface area contributed by atoms with Crippen LogP contribution in [0.5, 0.6) is 0 Å². The highest BCUT2D eigenvalue weighted by Crippen LogP contribution is 2.22. The number of aromatic nitrogens is 2. The van der Waals surface area contributed by atoms with Crippen molar-refractivity contribution in [1.82, 2.24) is 9.78 Å².